The number of rotatable bonds is 12. The summed E-state index contributed by atoms with van der Waals surface area (Å²) in [6, 6.07) is 15.7. The van der Waals surface area contributed by atoms with Crippen LogP contribution in [0.2, 0.25) is 0 Å². The smallest absolute Gasteiger partial charge is 0.343 e. The number of nitrogens with zero attached hydrogens (tertiary/aromatic N) is 1. The predicted molar refractivity (Wildman–Crippen MR) is 139 cm³/mol. The second-order valence-corrected chi connectivity index (χ2v) is 8.71. The Morgan fingerprint density at radius 1 is 1.06 bits per heavy atom. The summed E-state index contributed by atoms with van der Waals surface area (Å²) in [5.41, 5.74) is 8.25. The first-order chi connectivity index (χ1) is 17.3. The zero-order valence-corrected chi connectivity index (χ0v) is 20.6. The quantitative estimate of drug-likeness (QED) is 0.0759. The molecule has 36 heavy (non-hydrogen) atoms. The molecule has 3 rings (SSSR count). The first kappa shape index (κ1) is 26.7. The lowest BCUT2D eigenvalue weighted by atomic mass is 10.0. The minimum absolute atomic E-state index is 0.0997. The number of carbonyl (C=O) groups excluding carboxylic acids is 1. The van der Waals surface area contributed by atoms with Gasteiger partial charge in [-0.2, -0.15) is 0 Å². The minimum atomic E-state index is -0.566. The molecule has 0 aromatic heterocycles. The molecule has 0 heterocycles. The third kappa shape index (κ3) is 7.05. The van der Waals surface area contributed by atoms with Gasteiger partial charge in [-0.1, -0.05) is 50.5 Å². The molecule has 3 aromatic carbocycles. The molecule has 0 saturated carbocycles. The van der Waals surface area contributed by atoms with Crippen molar-refractivity contribution in [1.82, 2.24) is 0 Å². The largest absolute Gasteiger partial charge is 0.488 e. The van der Waals surface area contributed by atoms with E-state index in [0.29, 0.717) is 33.9 Å². The van der Waals surface area contributed by atoms with E-state index in [-0.39, 0.29) is 24.0 Å². The van der Waals surface area contributed by atoms with Crippen LogP contribution in [-0.4, -0.2) is 22.1 Å². The molecule has 190 valence electrons. The van der Waals surface area contributed by atoms with E-state index in [9.17, 15) is 14.9 Å². The van der Waals surface area contributed by atoms with Crippen LogP contribution in [0.4, 0.5) is 11.4 Å². The molecule has 8 heteroatoms. The predicted octanol–water partition coefficient (Wildman–Crippen LogP) is 6.29. The highest BCUT2D eigenvalue weighted by atomic mass is 16.6. The van der Waals surface area contributed by atoms with E-state index < -0.39 is 10.9 Å². The van der Waals surface area contributed by atoms with Crippen LogP contribution >= 0.6 is 0 Å². The lowest BCUT2D eigenvalue weighted by Gasteiger charge is -2.17. The molecule has 0 aliphatic heterocycles. The molecule has 3 N–H and O–H groups in total. The van der Waals surface area contributed by atoms with Crippen molar-refractivity contribution in [3.05, 3.63) is 81.9 Å². The number of esters is 1. The lowest BCUT2D eigenvalue weighted by molar-refractivity contribution is -0.384. The topological polar surface area (TPSA) is 125 Å². The summed E-state index contributed by atoms with van der Waals surface area (Å²) >= 11 is 0. The monoisotopic (exact) mass is 492 g/mol. The molecule has 1 atom stereocenters. The molecule has 0 amide bonds. The number of aliphatic hydroxyl groups excluding tert-OH is 1. The average Bonchev–Trinajstić information content (AvgIpc) is 2.88. The van der Waals surface area contributed by atoms with Gasteiger partial charge in [-0.05, 0) is 61.2 Å². The molecule has 0 bridgehead atoms. The fourth-order valence-corrected chi connectivity index (χ4v) is 3.82. The second-order valence-electron chi connectivity index (χ2n) is 8.71. The summed E-state index contributed by atoms with van der Waals surface area (Å²) in [4.78, 5) is 23.9. The Morgan fingerprint density at radius 3 is 2.36 bits per heavy atom. The fourth-order valence-electron chi connectivity index (χ4n) is 3.82. The van der Waals surface area contributed by atoms with Crippen LogP contribution in [0.5, 0.6) is 11.5 Å². The number of nitrogens with two attached hydrogens (primary N) is 1. The van der Waals surface area contributed by atoms with Gasteiger partial charge in [-0.15, -0.1) is 0 Å². The number of anilines is 1. The van der Waals surface area contributed by atoms with Crippen molar-refractivity contribution in [3.63, 3.8) is 0 Å². The van der Waals surface area contributed by atoms with Crippen molar-refractivity contribution in [2.24, 2.45) is 0 Å². The second kappa shape index (κ2) is 12.7. The molecule has 0 radical (unpaired) electrons. The lowest BCUT2D eigenvalue weighted by Crippen LogP contribution is -2.13. The van der Waals surface area contributed by atoms with E-state index in [1.165, 1.54) is 18.6 Å². The average molecular weight is 493 g/mol. The van der Waals surface area contributed by atoms with E-state index in [1.807, 2.05) is 6.92 Å². The standard InChI is InChI=1S/C28H32N2O6/c1-3-4-5-6-7-19(2)35-27-17-26(30(33)34)24(16-25(27)29)21-10-12-22(13-11-21)28(32)36-23-14-8-20(18-31)9-15-23/h8-17,19,31H,3-7,18,29H2,1-2H3/t19-/m0/s1. The Balaban J connectivity index is 1.75. The number of nitro groups is 1. The van der Waals surface area contributed by atoms with Crippen molar-refractivity contribution in [2.75, 3.05) is 5.73 Å². The zero-order valence-electron chi connectivity index (χ0n) is 20.6. The maximum Gasteiger partial charge on any atom is 0.343 e. The SMILES string of the molecule is CCCCCC[C@H](C)Oc1cc([N+](=O)[O-])c(-c2ccc(C(=O)Oc3ccc(CO)cc3)cc2)cc1N. The van der Waals surface area contributed by atoms with E-state index >= 15 is 0 Å². The van der Waals surface area contributed by atoms with Gasteiger partial charge in [0.05, 0.1) is 40.5 Å². The van der Waals surface area contributed by atoms with Gasteiger partial charge in [0.15, 0.2) is 0 Å². The van der Waals surface area contributed by atoms with Gasteiger partial charge in [0, 0.05) is 0 Å². The Kier molecular flexibility index (Phi) is 9.41. The van der Waals surface area contributed by atoms with E-state index in [2.05, 4.69) is 6.92 Å². The van der Waals surface area contributed by atoms with Gasteiger partial charge >= 0.3 is 5.97 Å². The third-order valence-corrected chi connectivity index (χ3v) is 5.87. The van der Waals surface area contributed by atoms with Gasteiger partial charge in [0.1, 0.15) is 11.5 Å². The Hall–Kier alpha value is -3.91. The first-order valence-electron chi connectivity index (χ1n) is 12.1. The number of carbonyl (C=O) groups is 1. The van der Waals surface area contributed by atoms with Crippen molar-refractivity contribution < 1.29 is 24.3 Å². The van der Waals surface area contributed by atoms with Crippen molar-refractivity contribution in [3.8, 4) is 22.6 Å². The highest BCUT2D eigenvalue weighted by molar-refractivity contribution is 5.92. The Morgan fingerprint density at radius 2 is 1.75 bits per heavy atom. The van der Waals surface area contributed by atoms with Crippen LogP contribution in [0.3, 0.4) is 0 Å². The molecule has 0 saturated heterocycles. The number of nitro benzene ring substituents is 1. The summed E-state index contributed by atoms with van der Waals surface area (Å²) in [6.07, 6.45) is 5.20. The number of benzene rings is 3. The maximum absolute atomic E-state index is 12.5. The van der Waals surface area contributed by atoms with Crippen molar-refractivity contribution in [1.29, 1.82) is 0 Å². The van der Waals surface area contributed by atoms with Crippen LogP contribution in [0.25, 0.3) is 11.1 Å². The van der Waals surface area contributed by atoms with Gasteiger partial charge in [-0.3, -0.25) is 10.1 Å². The van der Waals surface area contributed by atoms with E-state index in [1.54, 1.807) is 48.5 Å². The summed E-state index contributed by atoms with van der Waals surface area (Å²) in [5, 5.41) is 20.9. The number of hydrogen-bond acceptors (Lipinski definition) is 7. The van der Waals surface area contributed by atoms with Crippen molar-refractivity contribution in [2.45, 2.75) is 58.7 Å². The first-order valence-corrected chi connectivity index (χ1v) is 12.1. The summed E-state index contributed by atoms with van der Waals surface area (Å²) in [5.74, 6) is 0.0738. The van der Waals surface area contributed by atoms with Gasteiger partial charge in [0.2, 0.25) is 0 Å². The number of aliphatic hydroxyl groups is 1. The number of hydrogen-bond donors (Lipinski definition) is 2. The van der Waals surface area contributed by atoms with Gasteiger partial charge in [0.25, 0.3) is 5.69 Å². The number of unbranched alkanes of at least 4 members (excludes halogenated alkanes) is 3. The molecule has 8 nitrogen and oxygen atoms in total. The van der Waals surface area contributed by atoms with Crippen LogP contribution in [0.15, 0.2) is 60.7 Å². The molecule has 0 spiro atoms. The highest BCUT2D eigenvalue weighted by Crippen LogP contribution is 2.38. The van der Waals surface area contributed by atoms with Crippen LogP contribution < -0.4 is 15.2 Å². The van der Waals surface area contributed by atoms with Gasteiger partial charge in [-0.25, -0.2) is 4.79 Å². The molecule has 0 aliphatic rings. The third-order valence-electron chi connectivity index (χ3n) is 5.87. The van der Waals surface area contributed by atoms with E-state index in [4.69, 9.17) is 20.3 Å². The Labute approximate surface area is 210 Å². The minimum Gasteiger partial charge on any atom is -0.488 e. The van der Waals surface area contributed by atoms with Crippen LogP contribution in [-0.2, 0) is 6.61 Å². The normalized spacial score (nSPS) is 11.6. The molecular formula is C28H32N2O6. The van der Waals surface area contributed by atoms with E-state index in [0.717, 1.165) is 25.7 Å². The Bertz CT molecular complexity index is 1180. The molecule has 0 aliphatic carbocycles. The number of ether oxygens (including phenoxy) is 2. The summed E-state index contributed by atoms with van der Waals surface area (Å²) < 4.78 is 11.3. The van der Waals surface area contributed by atoms with Gasteiger partial charge < -0.3 is 20.3 Å². The fraction of sp³-hybridized carbons (Fsp3) is 0.321. The molecule has 3 aromatic rings. The zero-order chi connectivity index (χ0) is 26.1. The molecule has 0 fully saturated rings. The van der Waals surface area contributed by atoms with Crippen LogP contribution in [0, 0.1) is 10.1 Å². The number of nitrogen functional groups attached to an aromatic ring is 1. The van der Waals surface area contributed by atoms with Crippen LogP contribution in [0.1, 0.15) is 61.9 Å². The van der Waals surface area contributed by atoms with Crippen molar-refractivity contribution >= 4 is 17.3 Å². The summed E-state index contributed by atoms with van der Waals surface area (Å²) in [7, 11) is 0. The highest BCUT2D eigenvalue weighted by Gasteiger charge is 2.21. The molecule has 0 unspecified atom stereocenters. The molecular weight excluding hydrogens is 460 g/mol. The summed E-state index contributed by atoms with van der Waals surface area (Å²) in [6.45, 7) is 3.99. The maximum atomic E-state index is 12.5.